The summed E-state index contributed by atoms with van der Waals surface area (Å²) in [5, 5.41) is 2.64. The van der Waals surface area contributed by atoms with Crippen LogP contribution in [0.2, 0.25) is 5.02 Å². The summed E-state index contributed by atoms with van der Waals surface area (Å²) in [6.07, 6.45) is 0. The molecule has 6 heteroatoms. The summed E-state index contributed by atoms with van der Waals surface area (Å²) in [6, 6.07) is 5.36. The zero-order chi connectivity index (χ0) is 13.3. The van der Waals surface area contributed by atoms with Crippen molar-refractivity contribution in [3.05, 3.63) is 48.0 Å². The van der Waals surface area contributed by atoms with Gasteiger partial charge in [0.05, 0.1) is 21.4 Å². The van der Waals surface area contributed by atoms with E-state index >= 15 is 0 Å². The van der Waals surface area contributed by atoms with E-state index in [9.17, 15) is 0 Å². The number of nitrogens with two attached hydrogens (primary N) is 1. The SMILES string of the molecule is COc1c(Br)cc(Cl)cc1C(N)c1csc(Br)c1. The van der Waals surface area contributed by atoms with E-state index < -0.39 is 0 Å². The van der Waals surface area contributed by atoms with E-state index in [-0.39, 0.29) is 6.04 Å². The molecule has 0 saturated carbocycles. The molecule has 2 N–H and O–H groups in total. The second kappa shape index (κ2) is 5.92. The van der Waals surface area contributed by atoms with Crippen LogP contribution < -0.4 is 10.5 Å². The van der Waals surface area contributed by atoms with Crippen LogP contribution in [0.1, 0.15) is 17.2 Å². The number of methoxy groups -OCH3 is 1. The smallest absolute Gasteiger partial charge is 0.138 e. The van der Waals surface area contributed by atoms with Crippen molar-refractivity contribution in [1.29, 1.82) is 0 Å². The van der Waals surface area contributed by atoms with Crippen LogP contribution in [0.25, 0.3) is 0 Å². The molecule has 2 nitrogen and oxygen atoms in total. The van der Waals surface area contributed by atoms with E-state index in [1.54, 1.807) is 24.5 Å². The monoisotopic (exact) mass is 409 g/mol. The molecule has 18 heavy (non-hydrogen) atoms. The second-order valence-corrected chi connectivity index (χ2v) is 7.25. The van der Waals surface area contributed by atoms with E-state index in [2.05, 4.69) is 31.9 Å². The van der Waals surface area contributed by atoms with Crippen LogP contribution in [0.5, 0.6) is 5.75 Å². The van der Waals surface area contributed by atoms with E-state index in [0.29, 0.717) is 10.8 Å². The normalized spacial score (nSPS) is 12.5. The van der Waals surface area contributed by atoms with Gasteiger partial charge in [-0.2, -0.15) is 0 Å². The molecule has 1 heterocycles. The Morgan fingerprint density at radius 2 is 2.06 bits per heavy atom. The van der Waals surface area contributed by atoms with Crippen molar-refractivity contribution in [2.75, 3.05) is 7.11 Å². The van der Waals surface area contributed by atoms with Gasteiger partial charge in [0.2, 0.25) is 0 Å². The molecule has 0 saturated heterocycles. The summed E-state index contributed by atoms with van der Waals surface area (Å²) in [5.74, 6) is 0.717. The van der Waals surface area contributed by atoms with Gasteiger partial charge in [-0.15, -0.1) is 11.3 Å². The quantitative estimate of drug-likeness (QED) is 0.773. The zero-order valence-electron chi connectivity index (χ0n) is 9.41. The van der Waals surface area contributed by atoms with Crippen LogP contribution in [-0.2, 0) is 0 Å². The van der Waals surface area contributed by atoms with E-state index in [1.165, 1.54) is 0 Å². The van der Waals surface area contributed by atoms with Gasteiger partial charge in [0.15, 0.2) is 0 Å². The van der Waals surface area contributed by atoms with Crippen LogP contribution in [0, 0.1) is 0 Å². The molecule has 0 amide bonds. The summed E-state index contributed by atoms with van der Waals surface area (Å²) >= 11 is 14.5. The minimum atomic E-state index is -0.266. The van der Waals surface area contributed by atoms with Gasteiger partial charge in [-0.1, -0.05) is 11.6 Å². The summed E-state index contributed by atoms with van der Waals surface area (Å²) in [6.45, 7) is 0. The molecule has 1 aromatic heterocycles. The number of hydrogen-bond donors (Lipinski definition) is 1. The Hall–Kier alpha value is -0.0700. The molecule has 0 aliphatic heterocycles. The fourth-order valence-electron chi connectivity index (χ4n) is 1.69. The standard InChI is InChI=1S/C12H10Br2ClNOS/c1-17-12-8(3-7(15)4-9(12)13)11(16)6-2-10(14)18-5-6/h2-5,11H,16H2,1H3. The predicted octanol–water partition coefficient (Wildman–Crippen LogP) is 4.98. The second-order valence-electron chi connectivity index (χ2n) is 3.67. The van der Waals surface area contributed by atoms with E-state index in [4.69, 9.17) is 22.1 Å². The van der Waals surface area contributed by atoms with Gasteiger partial charge >= 0.3 is 0 Å². The largest absolute Gasteiger partial charge is 0.495 e. The fourth-order valence-corrected chi connectivity index (χ4v) is 3.90. The van der Waals surface area contributed by atoms with Crippen molar-refractivity contribution in [3.63, 3.8) is 0 Å². The van der Waals surface area contributed by atoms with Gasteiger partial charge in [0.25, 0.3) is 0 Å². The number of rotatable bonds is 3. The van der Waals surface area contributed by atoms with Crippen molar-refractivity contribution in [1.82, 2.24) is 0 Å². The Balaban J connectivity index is 2.49. The average Bonchev–Trinajstić information content (AvgIpc) is 2.74. The first-order valence-electron chi connectivity index (χ1n) is 5.05. The molecule has 0 bridgehead atoms. The molecule has 0 fully saturated rings. The third-order valence-electron chi connectivity index (χ3n) is 2.52. The lowest BCUT2D eigenvalue weighted by atomic mass is 10.0. The van der Waals surface area contributed by atoms with Gasteiger partial charge in [-0.3, -0.25) is 0 Å². The molecule has 0 aliphatic rings. The number of hydrogen-bond acceptors (Lipinski definition) is 3. The number of thiophene rings is 1. The summed E-state index contributed by atoms with van der Waals surface area (Å²) in [5.41, 5.74) is 8.16. The maximum Gasteiger partial charge on any atom is 0.138 e. The topological polar surface area (TPSA) is 35.2 Å². The molecule has 96 valence electrons. The molecule has 0 aliphatic carbocycles. The Labute approximate surface area is 131 Å². The molecule has 1 atom stereocenters. The Bertz CT molecular complexity index is 573. The molecule has 1 aromatic carbocycles. The van der Waals surface area contributed by atoms with Crippen LogP contribution in [0.15, 0.2) is 31.8 Å². The fraction of sp³-hybridized carbons (Fsp3) is 0.167. The van der Waals surface area contributed by atoms with Crippen molar-refractivity contribution < 1.29 is 4.74 Å². The Morgan fingerprint density at radius 1 is 1.33 bits per heavy atom. The lowest BCUT2D eigenvalue weighted by Crippen LogP contribution is -2.12. The van der Waals surface area contributed by atoms with Crippen LogP contribution in [0.4, 0.5) is 0 Å². The molecule has 2 aromatic rings. The highest BCUT2D eigenvalue weighted by atomic mass is 79.9. The average molecular weight is 412 g/mol. The predicted molar refractivity (Wildman–Crippen MR) is 83.8 cm³/mol. The molecule has 1 unspecified atom stereocenters. The molecular weight excluding hydrogens is 401 g/mol. The number of halogens is 3. The van der Waals surface area contributed by atoms with E-state index in [1.807, 2.05) is 17.5 Å². The summed E-state index contributed by atoms with van der Waals surface area (Å²) in [4.78, 5) is 0. The van der Waals surface area contributed by atoms with Gasteiger partial charge in [-0.05, 0) is 61.0 Å². The van der Waals surface area contributed by atoms with Crippen LogP contribution in [-0.4, -0.2) is 7.11 Å². The van der Waals surface area contributed by atoms with E-state index in [0.717, 1.165) is 19.4 Å². The minimum absolute atomic E-state index is 0.266. The summed E-state index contributed by atoms with van der Waals surface area (Å²) in [7, 11) is 1.62. The first kappa shape index (κ1) is 14.3. The molecule has 0 spiro atoms. The first-order chi connectivity index (χ1) is 8.52. The Morgan fingerprint density at radius 3 is 2.61 bits per heavy atom. The van der Waals surface area contributed by atoms with Crippen LogP contribution >= 0.6 is 54.8 Å². The minimum Gasteiger partial charge on any atom is -0.495 e. The molecule has 0 radical (unpaired) electrons. The molecular formula is C12H10Br2ClNOS. The highest BCUT2D eigenvalue weighted by molar-refractivity contribution is 9.11. The zero-order valence-corrected chi connectivity index (χ0v) is 14.2. The van der Waals surface area contributed by atoms with Crippen molar-refractivity contribution in [2.45, 2.75) is 6.04 Å². The highest BCUT2D eigenvalue weighted by Crippen LogP contribution is 2.38. The van der Waals surface area contributed by atoms with Gasteiger partial charge in [-0.25, -0.2) is 0 Å². The maximum absolute atomic E-state index is 6.27. The van der Waals surface area contributed by atoms with Gasteiger partial charge < -0.3 is 10.5 Å². The highest BCUT2D eigenvalue weighted by Gasteiger charge is 2.18. The maximum atomic E-state index is 6.27. The lowest BCUT2D eigenvalue weighted by Gasteiger charge is -2.16. The van der Waals surface area contributed by atoms with Gasteiger partial charge in [0.1, 0.15) is 5.75 Å². The van der Waals surface area contributed by atoms with Crippen molar-refractivity contribution in [2.24, 2.45) is 5.73 Å². The van der Waals surface area contributed by atoms with Crippen molar-refractivity contribution in [3.8, 4) is 5.75 Å². The Kier molecular flexibility index (Phi) is 4.72. The summed E-state index contributed by atoms with van der Waals surface area (Å²) < 4.78 is 7.24. The number of ether oxygens (including phenoxy) is 1. The molecule has 2 rings (SSSR count). The third kappa shape index (κ3) is 2.91. The van der Waals surface area contributed by atoms with Crippen molar-refractivity contribution >= 4 is 54.8 Å². The first-order valence-corrected chi connectivity index (χ1v) is 7.89. The third-order valence-corrected chi connectivity index (χ3v) is 4.85. The number of benzene rings is 1. The van der Waals surface area contributed by atoms with Gasteiger partial charge in [0, 0.05) is 10.6 Å². The van der Waals surface area contributed by atoms with Crippen LogP contribution in [0.3, 0.4) is 0 Å². The lowest BCUT2D eigenvalue weighted by molar-refractivity contribution is 0.405.